The summed E-state index contributed by atoms with van der Waals surface area (Å²) in [4.78, 5) is 11.6. The highest BCUT2D eigenvalue weighted by atomic mass is 16.1. The molecule has 0 bridgehead atoms. The van der Waals surface area contributed by atoms with E-state index in [0.29, 0.717) is 6.04 Å². The minimum absolute atomic E-state index is 0.193. The molecule has 92 valence electrons. The first-order valence-electron chi connectivity index (χ1n) is 6.57. The van der Waals surface area contributed by atoms with E-state index in [2.05, 4.69) is 18.3 Å². The summed E-state index contributed by atoms with van der Waals surface area (Å²) in [6.45, 7) is 4.92. The third kappa shape index (κ3) is 2.75. The number of hydrogen-bond acceptors (Lipinski definition) is 2. The zero-order valence-electron chi connectivity index (χ0n) is 10.8. The Hall–Kier alpha value is -1.15. The molecule has 0 aromatic heterocycles. The molecule has 0 fully saturated rings. The predicted octanol–water partition coefficient (Wildman–Crippen LogP) is 2.75. The van der Waals surface area contributed by atoms with Crippen molar-refractivity contribution in [2.75, 3.05) is 6.54 Å². The quantitative estimate of drug-likeness (QED) is 0.807. The number of fused-ring (bicyclic) bond motifs is 1. The first-order valence-corrected chi connectivity index (χ1v) is 6.57. The molecule has 0 saturated heterocycles. The van der Waals surface area contributed by atoms with Gasteiger partial charge in [-0.15, -0.1) is 0 Å². The van der Waals surface area contributed by atoms with Crippen LogP contribution in [0.15, 0.2) is 18.2 Å². The molecule has 0 aliphatic heterocycles. The molecule has 17 heavy (non-hydrogen) atoms. The van der Waals surface area contributed by atoms with Gasteiger partial charge in [0, 0.05) is 11.6 Å². The molecule has 1 aromatic rings. The molecule has 0 radical (unpaired) electrons. The van der Waals surface area contributed by atoms with Crippen molar-refractivity contribution in [3.63, 3.8) is 0 Å². The van der Waals surface area contributed by atoms with E-state index in [1.807, 2.05) is 12.1 Å². The Morgan fingerprint density at radius 1 is 1.47 bits per heavy atom. The summed E-state index contributed by atoms with van der Waals surface area (Å²) in [5.74, 6) is 0.193. The van der Waals surface area contributed by atoms with Gasteiger partial charge >= 0.3 is 0 Å². The van der Waals surface area contributed by atoms with Crippen LogP contribution in [0.2, 0.25) is 0 Å². The highest BCUT2D eigenvalue weighted by molar-refractivity contribution is 5.96. The van der Waals surface area contributed by atoms with Gasteiger partial charge in [-0.05, 0) is 50.3 Å². The summed E-state index contributed by atoms with van der Waals surface area (Å²) in [6.07, 6.45) is 4.45. The third-order valence-corrected chi connectivity index (χ3v) is 3.55. The number of carbonyl (C=O) groups is 1. The number of ketones is 1. The van der Waals surface area contributed by atoms with E-state index in [-0.39, 0.29) is 5.78 Å². The highest BCUT2D eigenvalue weighted by Gasteiger charge is 2.21. The molecule has 1 unspecified atom stereocenters. The Morgan fingerprint density at radius 2 is 2.29 bits per heavy atom. The average molecular weight is 231 g/mol. The summed E-state index contributed by atoms with van der Waals surface area (Å²) < 4.78 is 0. The smallest absolute Gasteiger partial charge is 0.160 e. The Balaban J connectivity index is 2.20. The van der Waals surface area contributed by atoms with Gasteiger partial charge < -0.3 is 5.32 Å². The van der Waals surface area contributed by atoms with Gasteiger partial charge in [-0.2, -0.15) is 0 Å². The van der Waals surface area contributed by atoms with Crippen molar-refractivity contribution < 1.29 is 4.79 Å². The lowest BCUT2D eigenvalue weighted by Gasteiger charge is -2.27. The van der Waals surface area contributed by atoms with Gasteiger partial charge in [0.25, 0.3) is 0 Å². The fourth-order valence-corrected chi connectivity index (χ4v) is 2.64. The zero-order chi connectivity index (χ0) is 12.3. The standard InChI is InChI=1S/C15H21NO/c1-3-9-16-13-8-7-12-5-4-6-14(11(2)17)15(12)10-13/h4-6,13,16H,3,7-10H2,1-2H3. The number of carbonyl (C=O) groups excluding carboxylic acids is 1. The average Bonchev–Trinajstić information content (AvgIpc) is 2.35. The van der Waals surface area contributed by atoms with Crippen molar-refractivity contribution in [1.29, 1.82) is 0 Å². The SMILES string of the molecule is CCCNC1CCc2cccc(C(C)=O)c2C1. The summed E-state index contributed by atoms with van der Waals surface area (Å²) in [6, 6.07) is 6.68. The van der Waals surface area contributed by atoms with Gasteiger partial charge in [0.1, 0.15) is 0 Å². The number of aryl methyl sites for hydroxylation is 1. The first-order chi connectivity index (χ1) is 8.22. The van der Waals surface area contributed by atoms with Crippen LogP contribution in [-0.4, -0.2) is 18.4 Å². The second kappa shape index (κ2) is 5.46. The van der Waals surface area contributed by atoms with Crippen molar-refractivity contribution in [2.45, 2.75) is 45.6 Å². The fourth-order valence-electron chi connectivity index (χ4n) is 2.64. The summed E-state index contributed by atoms with van der Waals surface area (Å²) in [7, 11) is 0. The van der Waals surface area contributed by atoms with Gasteiger partial charge in [0.15, 0.2) is 5.78 Å². The number of rotatable bonds is 4. The molecule has 2 rings (SSSR count). The van der Waals surface area contributed by atoms with Gasteiger partial charge in [-0.3, -0.25) is 4.79 Å². The Kier molecular flexibility index (Phi) is 3.95. The van der Waals surface area contributed by atoms with Crippen LogP contribution in [-0.2, 0) is 12.8 Å². The van der Waals surface area contributed by atoms with Crippen LogP contribution >= 0.6 is 0 Å². The molecule has 0 amide bonds. The molecule has 1 aliphatic rings. The first kappa shape index (κ1) is 12.3. The molecule has 2 heteroatoms. The maximum Gasteiger partial charge on any atom is 0.160 e. The minimum atomic E-state index is 0.193. The van der Waals surface area contributed by atoms with E-state index >= 15 is 0 Å². The van der Waals surface area contributed by atoms with Crippen LogP contribution in [0.4, 0.5) is 0 Å². The summed E-state index contributed by atoms with van der Waals surface area (Å²) in [5, 5.41) is 3.57. The van der Waals surface area contributed by atoms with E-state index in [1.165, 1.54) is 17.5 Å². The maximum absolute atomic E-state index is 11.6. The van der Waals surface area contributed by atoms with Crippen LogP contribution in [0.25, 0.3) is 0 Å². The fraction of sp³-hybridized carbons (Fsp3) is 0.533. The zero-order valence-corrected chi connectivity index (χ0v) is 10.8. The Bertz CT molecular complexity index is 411. The lowest BCUT2D eigenvalue weighted by atomic mass is 9.84. The molecular formula is C15H21NO. The van der Waals surface area contributed by atoms with Crippen molar-refractivity contribution in [3.05, 3.63) is 34.9 Å². The Morgan fingerprint density at radius 3 is 3.00 bits per heavy atom. The van der Waals surface area contributed by atoms with E-state index in [1.54, 1.807) is 6.92 Å². The molecular weight excluding hydrogens is 210 g/mol. The second-order valence-corrected chi connectivity index (χ2v) is 4.89. The normalized spacial score (nSPS) is 18.8. The minimum Gasteiger partial charge on any atom is -0.314 e. The second-order valence-electron chi connectivity index (χ2n) is 4.89. The number of Topliss-reactive ketones (excluding diaryl/α,β-unsaturated/α-hetero) is 1. The number of hydrogen-bond donors (Lipinski definition) is 1. The van der Waals surface area contributed by atoms with Gasteiger partial charge in [-0.25, -0.2) is 0 Å². The summed E-state index contributed by atoms with van der Waals surface area (Å²) >= 11 is 0. The van der Waals surface area contributed by atoms with Crippen LogP contribution < -0.4 is 5.32 Å². The van der Waals surface area contributed by atoms with Crippen LogP contribution in [0.5, 0.6) is 0 Å². The van der Waals surface area contributed by atoms with E-state index in [0.717, 1.165) is 31.4 Å². The lowest BCUT2D eigenvalue weighted by Crippen LogP contribution is -2.35. The van der Waals surface area contributed by atoms with Crippen LogP contribution in [0, 0.1) is 0 Å². The van der Waals surface area contributed by atoms with Gasteiger partial charge in [0.2, 0.25) is 0 Å². The van der Waals surface area contributed by atoms with Crippen molar-refractivity contribution in [2.24, 2.45) is 0 Å². The third-order valence-electron chi connectivity index (χ3n) is 3.55. The van der Waals surface area contributed by atoms with E-state index < -0.39 is 0 Å². The molecule has 1 N–H and O–H groups in total. The van der Waals surface area contributed by atoms with Crippen LogP contribution in [0.1, 0.15) is 48.2 Å². The van der Waals surface area contributed by atoms with E-state index in [9.17, 15) is 4.79 Å². The molecule has 1 atom stereocenters. The largest absolute Gasteiger partial charge is 0.314 e. The molecule has 1 aliphatic carbocycles. The Labute approximate surface area is 103 Å². The molecule has 1 aromatic carbocycles. The van der Waals surface area contributed by atoms with E-state index in [4.69, 9.17) is 0 Å². The monoisotopic (exact) mass is 231 g/mol. The number of nitrogens with one attached hydrogen (secondary N) is 1. The van der Waals surface area contributed by atoms with Gasteiger partial charge in [0.05, 0.1) is 0 Å². The molecule has 0 heterocycles. The highest BCUT2D eigenvalue weighted by Crippen LogP contribution is 2.25. The lowest BCUT2D eigenvalue weighted by molar-refractivity contribution is 0.101. The predicted molar refractivity (Wildman–Crippen MR) is 70.6 cm³/mol. The molecule has 2 nitrogen and oxygen atoms in total. The maximum atomic E-state index is 11.6. The van der Waals surface area contributed by atoms with Crippen molar-refractivity contribution >= 4 is 5.78 Å². The topological polar surface area (TPSA) is 29.1 Å². The van der Waals surface area contributed by atoms with Crippen molar-refractivity contribution in [1.82, 2.24) is 5.32 Å². The molecule has 0 saturated carbocycles. The van der Waals surface area contributed by atoms with Crippen LogP contribution in [0.3, 0.4) is 0 Å². The van der Waals surface area contributed by atoms with Crippen molar-refractivity contribution in [3.8, 4) is 0 Å². The van der Waals surface area contributed by atoms with Gasteiger partial charge in [-0.1, -0.05) is 25.1 Å². The molecule has 0 spiro atoms. The number of benzene rings is 1. The summed E-state index contributed by atoms with van der Waals surface area (Å²) in [5.41, 5.74) is 3.57.